The summed E-state index contributed by atoms with van der Waals surface area (Å²) in [5, 5.41) is 8.56. The molecular formula is C16H26N2OS. The minimum absolute atomic E-state index is 0.224. The van der Waals surface area contributed by atoms with Crippen LogP contribution >= 0.6 is 11.3 Å². The average molecular weight is 294 g/mol. The third kappa shape index (κ3) is 5.63. The normalized spacial score (nSPS) is 17.9. The number of hydrogen-bond donors (Lipinski definition) is 2. The molecule has 1 aromatic rings. The van der Waals surface area contributed by atoms with Gasteiger partial charge < -0.3 is 10.6 Å². The zero-order chi connectivity index (χ0) is 14.2. The van der Waals surface area contributed by atoms with Crippen LogP contribution in [0.1, 0.15) is 37.5 Å². The number of piperidine rings is 1. The molecule has 1 unspecified atom stereocenters. The maximum absolute atomic E-state index is 11.9. The maximum atomic E-state index is 11.9. The molecule has 2 N–H and O–H groups in total. The fraction of sp³-hybridized carbons (Fsp3) is 0.688. The van der Waals surface area contributed by atoms with Gasteiger partial charge in [-0.1, -0.05) is 13.0 Å². The summed E-state index contributed by atoms with van der Waals surface area (Å²) in [7, 11) is 0. The van der Waals surface area contributed by atoms with Crippen LogP contribution in [0.2, 0.25) is 0 Å². The number of amides is 1. The van der Waals surface area contributed by atoms with E-state index in [0.717, 1.165) is 38.4 Å². The third-order valence-electron chi connectivity index (χ3n) is 4.02. The summed E-state index contributed by atoms with van der Waals surface area (Å²) in [6, 6.07) is 4.25. The van der Waals surface area contributed by atoms with Crippen LogP contribution in [-0.4, -0.2) is 25.5 Å². The van der Waals surface area contributed by atoms with Crippen molar-refractivity contribution >= 4 is 17.2 Å². The smallest absolute Gasteiger partial charge is 0.220 e. The standard InChI is InChI=1S/C16H26N2OS/c1-13(11-15-3-2-10-20-15)12-18-16(19)5-4-14-6-8-17-9-7-14/h2-3,10,13-14,17H,4-9,11-12H2,1H3,(H,18,19). The summed E-state index contributed by atoms with van der Waals surface area (Å²) in [4.78, 5) is 13.3. The molecule has 3 nitrogen and oxygen atoms in total. The number of thiophene rings is 1. The van der Waals surface area contributed by atoms with Gasteiger partial charge in [-0.05, 0) is 62.1 Å². The predicted molar refractivity (Wildman–Crippen MR) is 85.0 cm³/mol. The lowest BCUT2D eigenvalue weighted by molar-refractivity contribution is -0.121. The minimum Gasteiger partial charge on any atom is -0.356 e. The van der Waals surface area contributed by atoms with E-state index in [1.807, 2.05) is 0 Å². The van der Waals surface area contributed by atoms with Crippen LogP contribution < -0.4 is 10.6 Å². The van der Waals surface area contributed by atoms with Gasteiger partial charge in [-0.2, -0.15) is 0 Å². The Labute approximate surface area is 126 Å². The SMILES string of the molecule is CC(CNC(=O)CCC1CCNCC1)Cc1cccs1. The van der Waals surface area contributed by atoms with Gasteiger partial charge in [0, 0.05) is 17.8 Å². The molecule has 1 fully saturated rings. The van der Waals surface area contributed by atoms with Gasteiger partial charge in [-0.25, -0.2) is 0 Å². The van der Waals surface area contributed by atoms with Gasteiger partial charge in [0.25, 0.3) is 0 Å². The van der Waals surface area contributed by atoms with Crippen LogP contribution in [0.4, 0.5) is 0 Å². The first kappa shape index (κ1) is 15.5. The van der Waals surface area contributed by atoms with Crippen LogP contribution in [0.3, 0.4) is 0 Å². The largest absolute Gasteiger partial charge is 0.356 e. The van der Waals surface area contributed by atoms with E-state index in [4.69, 9.17) is 0 Å². The van der Waals surface area contributed by atoms with Crippen molar-refractivity contribution in [3.63, 3.8) is 0 Å². The highest BCUT2D eigenvalue weighted by Gasteiger charge is 2.14. The number of carbonyl (C=O) groups is 1. The van der Waals surface area contributed by atoms with Crippen LogP contribution in [-0.2, 0) is 11.2 Å². The molecule has 0 aromatic carbocycles. The first-order valence-corrected chi connectivity index (χ1v) is 8.62. The van der Waals surface area contributed by atoms with Crippen molar-refractivity contribution in [2.75, 3.05) is 19.6 Å². The van der Waals surface area contributed by atoms with Gasteiger partial charge in [0.15, 0.2) is 0 Å². The molecule has 1 amide bonds. The van der Waals surface area contributed by atoms with E-state index in [-0.39, 0.29) is 5.91 Å². The van der Waals surface area contributed by atoms with Gasteiger partial charge in [-0.15, -0.1) is 11.3 Å². The highest BCUT2D eigenvalue weighted by atomic mass is 32.1. The van der Waals surface area contributed by atoms with E-state index in [0.29, 0.717) is 12.3 Å². The van der Waals surface area contributed by atoms with E-state index >= 15 is 0 Å². The summed E-state index contributed by atoms with van der Waals surface area (Å²) in [5.41, 5.74) is 0. The van der Waals surface area contributed by atoms with Crippen molar-refractivity contribution in [2.24, 2.45) is 11.8 Å². The highest BCUT2D eigenvalue weighted by Crippen LogP contribution is 2.17. The van der Waals surface area contributed by atoms with E-state index in [9.17, 15) is 4.79 Å². The number of hydrogen-bond acceptors (Lipinski definition) is 3. The quantitative estimate of drug-likeness (QED) is 0.812. The monoisotopic (exact) mass is 294 g/mol. The minimum atomic E-state index is 0.224. The van der Waals surface area contributed by atoms with Gasteiger partial charge in [-0.3, -0.25) is 4.79 Å². The van der Waals surface area contributed by atoms with Gasteiger partial charge >= 0.3 is 0 Å². The summed E-state index contributed by atoms with van der Waals surface area (Å²) in [6.45, 7) is 5.23. The molecule has 0 spiro atoms. The van der Waals surface area contributed by atoms with E-state index in [2.05, 4.69) is 35.1 Å². The lowest BCUT2D eigenvalue weighted by Crippen LogP contribution is -2.31. The molecular weight excluding hydrogens is 268 g/mol. The molecule has 1 saturated heterocycles. The predicted octanol–water partition coefficient (Wildman–Crippen LogP) is 2.82. The molecule has 0 radical (unpaired) electrons. The molecule has 20 heavy (non-hydrogen) atoms. The molecule has 4 heteroatoms. The zero-order valence-corrected chi connectivity index (χ0v) is 13.2. The van der Waals surface area contributed by atoms with Crippen molar-refractivity contribution in [3.05, 3.63) is 22.4 Å². The molecule has 2 rings (SSSR count). The molecule has 0 saturated carbocycles. The average Bonchev–Trinajstić information content (AvgIpc) is 2.97. The molecule has 0 aliphatic carbocycles. The van der Waals surface area contributed by atoms with Crippen molar-refractivity contribution in [1.29, 1.82) is 0 Å². The van der Waals surface area contributed by atoms with E-state index in [1.165, 1.54) is 17.7 Å². The first-order chi connectivity index (χ1) is 9.74. The fourth-order valence-electron chi connectivity index (χ4n) is 2.73. The molecule has 1 atom stereocenters. The highest BCUT2D eigenvalue weighted by molar-refractivity contribution is 7.09. The summed E-state index contributed by atoms with van der Waals surface area (Å²) < 4.78 is 0. The lowest BCUT2D eigenvalue weighted by Gasteiger charge is -2.22. The number of carbonyl (C=O) groups excluding carboxylic acids is 1. The maximum Gasteiger partial charge on any atom is 0.220 e. The van der Waals surface area contributed by atoms with Gasteiger partial charge in [0.2, 0.25) is 5.91 Å². The van der Waals surface area contributed by atoms with E-state index in [1.54, 1.807) is 11.3 Å². The van der Waals surface area contributed by atoms with Gasteiger partial charge in [0.05, 0.1) is 0 Å². The first-order valence-electron chi connectivity index (χ1n) is 7.74. The Morgan fingerprint density at radius 2 is 2.30 bits per heavy atom. The van der Waals surface area contributed by atoms with Crippen molar-refractivity contribution < 1.29 is 4.79 Å². The Bertz CT molecular complexity index is 385. The molecule has 112 valence electrons. The fourth-order valence-corrected chi connectivity index (χ4v) is 3.60. The van der Waals surface area contributed by atoms with Crippen molar-refractivity contribution in [2.45, 2.75) is 39.0 Å². The number of rotatable bonds is 7. The van der Waals surface area contributed by atoms with Crippen molar-refractivity contribution in [1.82, 2.24) is 10.6 Å². The molecule has 1 aliphatic rings. The molecule has 2 heterocycles. The number of nitrogens with one attached hydrogen (secondary N) is 2. The molecule has 1 aromatic heterocycles. The lowest BCUT2D eigenvalue weighted by atomic mass is 9.93. The summed E-state index contributed by atoms with van der Waals surface area (Å²) in [6.07, 6.45) is 5.25. The Morgan fingerprint density at radius 3 is 3.00 bits per heavy atom. The Hall–Kier alpha value is -0.870. The van der Waals surface area contributed by atoms with Crippen LogP contribution in [0.5, 0.6) is 0 Å². The Kier molecular flexibility index (Phi) is 6.54. The molecule has 0 bridgehead atoms. The van der Waals surface area contributed by atoms with Gasteiger partial charge in [0.1, 0.15) is 0 Å². The second-order valence-corrected chi connectivity index (χ2v) is 6.96. The summed E-state index contributed by atoms with van der Waals surface area (Å²) >= 11 is 1.80. The second-order valence-electron chi connectivity index (χ2n) is 5.92. The van der Waals surface area contributed by atoms with Crippen LogP contribution in [0.15, 0.2) is 17.5 Å². The molecule has 1 aliphatic heterocycles. The zero-order valence-electron chi connectivity index (χ0n) is 12.4. The third-order valence-corrected chi connectivity index (χ3v) is 4.91. The Balaban J connectivity index is 1.57. The Morgan fingerprint density at radius 1 is 1.50 bits per heavy atom. The summed E-state index contributed by atoms with van der Waals surface area (Å²) in [5.74, 6) is 1.48. The second kappa shape index (κ2) is 8.42. The topological polar surface area (TPSA) is 41.1 Å². The van der Waals surface area contributed by atoms with E-state index < -0.39 is 0 Å². The van der Waals surface area contributed by atoms with Crippen molar-refractivity contribution in [3.8, 4) is 0 Å². The van der Waals surface area contributed by atoms with Crippen LogP contribution in [0.25, 0.3) is 0 Å². The van der Waals surface area contributed by atoms with Crippen LogP contribution in [0, 0.1) is 11.8 Å².